The zero-order valence-corrected chi connectivity index (χ0v) is 12.6. The fourth-order valence-electron chi connectivity index (χ4n) is 3.45. The molecule has 1 fully saturated rings. The molecule has 1 aliphatic rings. The number of alkyl halides is 3. The second-order valence-corrected chi connectivity index (χ2v) is 6.81. The number of halogens is 3. The molecule has 0 aliphatic heterocycles. The van der Waals surface area contributed by atoms with Gasteiger partial charge in [0.15, 0.2) is 0 Å². The van der Waals surface area contributed by atoms with Crippen molar-refractivity contribution in [3.63, 3.8) is 0 Å². The quantitative estimate of drug-likeness (QED) is 0.848. The third-order valence-electron chi connectivity index (χ3n) is 4.78. The minimum absolute atomic E-state index is 0.101. The van der Waals surface area contributed by atoms with Gasteiger partial charge in [0.05, 0.1) is 11.7 Å². The van der Waals surface area contributed by atoms with Crippen molar-refractivity contribution in [3.8, 4) is 0 Å². The molecule has 1 saturated carbocycles. The minimum atomic E-state index is -4.30. The lowest BCUT2D eigenvalue weighted by Crippen LogP contribution is -2.37. The summed E-state index contributed by atoms with van der Waals surface area (Å²) >= 11 is 0. The van der Waals surface area contributed by atoms with Gasteiger partial charge in [0, 0.05) is 0 Å². The second kappa shape index (κ2) is 5.99. The minimum Gasteiger partial charge on any atom is -0.392 e. The summed E-state index contributed by atoms with van der Waals surface area (Å²) in [7, 11) is 0. The number of aliphatic hydroxyl groups is 1. The van der Waals surface area contributed by atoms with Crippen LogP contribution in [0.5, 0.6) is 0 Å². The first-order chi connectivity index (χ1) is 9.70. The molecule has 118 valence electrons. The second-order valence-electron chi connectivity index (χ2n) is 6.81. The molecule has 1 N–H and O–H groups in total. The third-order valence-corrected chi connectivity index (χ3v) is 4.78. The molecule has 0 radical (unpaired) electrons. The lowest BCUT2D eigenvalue weighted by atomic mass is 9.66. The summed E-state index contributed by atoms with van der Waals surface area (Å²) in [5.74, 6) is 0.216. The van der Waals surface area contributed by atoms with Gasteiger partial charge in [-0.3, -0.25) is 0 Å². The number of hydrogen-bond donors (Lipinski definition) is 1. The first-order valence-electron chi connectivity index (χ1n) is 7.54. The Kier molecular flexibility index (Phi) is 4.66. The van der Waals surface area contributed by atoms with Crippen LogP contribution in [-0.2, 0) is 12.6 Å². The van der Waals surface area contributed by atoms with Gasteiger partial charge in [-0.15, -0.1) is 0 Å². The van der Waals surface area contributed by atoms with Crippen LogP contribution in [0.1, 0.15) is 50.7 Å². The van der Waals surface area contributed by atoms with Gasteiger partial charge in [0.1, 0.15) is 0 Å². The van der Waals surface area contributed by atoms with E-state index in [1.807, 2.05) is 0 Å². The molecule has 1 nitrogen and oxygen atoms in total. The highest BCUT2D eigenvalue weighted by atomic mass is 19.4. The van der Waals surface area contributed by atoms with Crippen molar-refractivity contribution in [2.75, 3.05) is 0 Å². The Morgan fingerprint density at radius 3 is 2.33 bits per heavy atom. The van der Waals surface area contributed by atoms with Gasteiger partial charge in [-0.25, -0.2) is 0 Å². The molecule has 0 spiro atoms. The summed E-state index contributed by atoms with van der Waals surface area (Å²) < 4.78 is 37.6. The van der Waals surface area contributed by atoms with Crippen LogP contribution in [0.2, 0.25) is 0 Å². The van der Waals surface area contributed by atoms with E-state index in [9.17, 15) is 18.3 Å². The van der Waals surface area contributed by atoms with Crippen molar-refractivity contribution in [1.29, 1.82) is 0 Å². The van der Waals surface area contributed by atoms with Crippen LogP contribution >= 0.6 is 0 Å². The monoisotopic (exact) mass is 300 g/mol. The first kappa shape index (κ1) is 16.3. The molecule has 4 heteroatoms. The standard InChI is InChI=1S/C17H23F3O/c1-16(2)10-4-3-5-14(16)15(21)11-12-6-8-13(9-7-12)17(18,19)20/h6-9,14-15,21H,3-5,10-11H2,1-2H3. The normalized spacial score (nSPS) is 23.8. The van der Waals surface area contributed by atoms with Crippen LogP contribution in [0.4, 0.5) is 13.2 Å². The fourth-order valence-corrected chi connectivity index (χ4v) is 3.45. The van der Waals surface area contributed by atoms with E-state index in [2.05, 4.69) is 13.8 Å². The van der Waals surface area contributed by atoms with E-state index in [0.717, 1.165) is 37.0 Å². The maximum atomic E-state index is 12.5. The molecule has 1 aromatic carbocycles. The zero-order valence-electron chi connectivity index (χ0n) is 12.6. The van der Waals surface area contributed by atoms with Crippen LogP contribution in [0.3, 0.4) is 0 Å². The van der Waals surface area contributed by atoms with Crippen molar-refractivity contribution < 1.29 is 18.3 Å². The van der Waals surface area contributed by atoms with Crippen LogP contribution in [-0.4, -0.2) is 11.2 Å². The summed E-state index contributed by atoms with van der Waals surface area (Å²) in [5, 5.41) is 10.5. The maximum absolute atomic E-state index is 12.5. The number of rotatable bonds is 3. The van der Waals surface area contributed by atoms with Gasteiger partial charge in [-0.2, -0.15) is 13.2 Å². The van der Waals surface area contributed by atoms with Crippen molar-refractivity contribution in [2.24, 2.45) is 11.3 Å². The summed E-state index contributed by atoms with van der Waals surface area (Å²) in [6.45, 7) is 4.35. The van der Waals surface area contributed by atoms with E-state index in [0.29, 0.717) is 6.42 Å². The van der Waals surface area contributed by atoms with Gasteiger partial charge in [0.2, 0.25) is 0 Å². The van der Waals surface area contributed by atoms with Gasteiger partial charge in [0.25, 0.3) is 0 Å². The molecule has 0 saturated heterocycles. The molecule has 0 bridgehead atoms. The number of hydrogen-bond acceptors (Lipinski definition) is 1. The molecule has 2 unspecified atom stereocenters. The van der Waals surface area contributed by atoms with E-state index in [-0.39, 0.29) is 11.3 Å². The van der Waals surface area contributed by atoms with E-state index in [1.165, 1.54) is 18.6 Å². The molecule has 21 heavy (non-hydrogen) atoms. The van der Waals surface area contributed by atoms with E-state index >= 15 is 0 Å². The lowest BCUT2D eigenvalue weighted by molar-refractivity contribution is -0.137. The third kappa shape index (κ3) is 4.00. The topological polar surface area (TPSA) is 20.2 Å². The summed E-state index contributed by atoms with van der Waals surface area (Å²) in [5.41, 5.74) is 0.222. The Morgan fingerprint density at radius 1 is 1.19 bits per heavy atom. The average Bonchev–Trinajstić information content (AvgIpc) is 2.37. The smallest absolute Gasteiger partial charge is 0.392 e. The van der Waals surface area contributed by atoms with E-state index in [4.69, 9.17) is 0 Å². The van der Waals surface area contributed by atoms with Crippen LogP contribution in [0.15, 0.2) is 24.3 Å². The van der Waals surface area contributed by atoms with Gasteiger partial charge < -0.3 is 5.11 Å². The summed E-state index contributed by atoms with van der Waals surface area (Å²) in [6, 6.07) is 5.13. The summed E-state index contributed by atoms with van der Waals surface area (Å²) in [4.78, 5) is 0. The number of benzene rings is 1. The Bertz CT molecular complexity index is 462. The predicted molar refractivity (Wildman–Crippen MR) is 76.9 cm³/mol. The highest BCUT2D eigenvalue weighted by Gasteiger charge is 2.36. The van der Waals surface area contributed by atoms with Crippen molar-refractivity contribution in [2.45, 2.75) is 58.2 Å². The van der Waals surface area contributed by atoms with Crippen LogP contribution in [0.25, 0.3) is 0 Å². The van der Waals surface area contributed by atoms with E-state index < -0.39 is 17.8 Å². The number of aliphatic hydroxyl groups excluding tert-OH is 1. The highest BCUT2D eigenvalue weighted by molar-refractivity contribution is 5.25. The molecule has 0 heterocycles. The zero-order chi connectivity index (χ0) is 15.7. The van der Waals surface area contributed by atoms with Crippen molar-refractivity contribution >= 4 is 0 Å². The fraction of sp³-hybridized carbons (Fsp3) is 0.647. The van der Waals surface area contributed by atoms with Crippen molar-refractivity contribution in [3.05, 3.63) is 35.4 Å². The SMILES string of the molecule is CC1(C)CCCCC1C(O)Cc1ccc(C(F)(F)F)cc1. The van der Waals surface area contributed by atoms with Gasteiger partial charge in [-0.1, -0.05) is 38.8 Å². The van der Waals surface area contributed by atoms with E-state index in [1.54, 1.807) is 0 Å². The predicted octanol–water partition coefficient (Wildman–Crippen LogP) is 4.83. The molecular formula is C17H23F3O. The Hall–Kier alpha value is -1.03. The Morgan fingerprint density at radius 2 is 1.81 bits per heavy atom. The highest BCUT2D eigenvalue weighted by Crippen LogP contribution is 2.43. The average molecular weight is 300 g/mol. The molecule has 1 aliphatic carbocycles. The van der Waals surface area contributed by atoms with Crippen LogP contribution in [0, 0.1) is 11.3 Å². The first-order valence-corrected chi connectivity index (χ1v) is 7.54. The molecule has 2 atom stereocenters. The maximum Gasteiger partial charge on any atom is 0.416 e. The van der Waals surface area contributed by atoms with Crippen molar-refractivity contribution in [1.82, 2.24) is 0 Å². The molecular weight excluding hydrogens is 277 g/mol. The molecule has 2 rings (SSSR count). The van der Waals surface area contributed by atoms with Crippen LogP contribution < -0.4 is 0 Å². The Balaban J connectivity index is 2.04. The summed E-state index contributed by atoms with van der Waals surface area (Å²) in [6.07, 6.45) is 0.0389. The lowest BCUT2D eigenvalue weighted by Gasteiger charge is -2.41. The molecule has 1 aromatic rings. The molecule has 0 amide bonds. The Labute approximate surface area is 124 Å². The largest absolute Gasteiger partial charge is 0.416 e. The molecule has 0 aromatic heterocycles. The van der Waals surface area contributed by atoms with Gasteiger partial charge >= 0.3 is 6.18 Å². The van der Waals surface area contributed by atoms with Gasteiger partial charge in [-0.05, 0) is 48.3 Å².